The molecule has 0 saturated heterocycles. The number of ether oxygens (including phenoxy) is 10. The predicted molar refractivity (Wildman–Crippen MR) is 496 cm³/mol. The zero-order chi connectivity index (χ0) is 92.0. The second-order valence-corrected chi connectivity index (χ2v) is 29.4. The third-order valence-corrected chi connectivity index (χ3v) is 17.2. The Bertz CT molecular complexity index is 3160. The number of esters is 10. The van der Waals surface area contributed by atoms with Crippen molar-refractivity contribution in [3.63, 3.8) is 0 Å². The molecular weight excluding hydrogens is 1550 g/mol. The number of carbonyl (C=O) groups is 10. The largest absolute Gasteiger partial charge is 0.462 e. The maximum Gasteiger partial charge on any atom is 0.333 e. The first-order valence-corrected chi connectivity index (χ1v) is 44.9. The van der Waals surface area contributed by atoms with E-state index in [4.69, 9.17) is 47.4 Å². The third-order valence-electron chi connectivity index (χ3n) is 17.2. The molecule has 0 aliphatic heterocycles. The van der Waals surface area contributed by atoms with Gasteiger partial charge in [0.15, 0.2) is 0 Å². The lowest BCUT2D eigenvalue weighted by Crippen LogP contribution is -2.15. The van der Waals surface area contributed by atoms with Crippen LogP contribution >= 0.6 is 0 Å². The van der Waals surface area contributed by atoms with Crippen LogP contribution in [0.4, 0.5) is 0 Å². The molecule has 20 heteroatoms. The van der Waals surface area contributed by atoms with Crippen molar-refractivity contribution in [2.45, 2.75) is 332 Å². The molecule has 0 bridgehead atoms. The minimum Gasteiger partial charge on any atom is -0.462 e. The van der Waals surface area contributed by atoms with Gasteiger partial charge in [-0.2, -0.15) is 0 Å². The van der Waals surface area contributed by atoms with Crippen LogP contribution < -0.4 is 0 Å². The molecule has 0 aliphatic carbocycles. The van der Waals surface area contributed by atoms with E-state index in [2.05, 4.69) is 159 Å². The molecule has 0 rings (SSSR count). The Kier molecular flexibility index (Phi) is 94.8. The van der Waals surface area contributed by atoms with E-state index in [-0.39, 0.29) is 96.3 Å². The van der Waals surface area contributed by atoms with Crippen molar-refractivity contribution >= 4 is 59.7 Å². The molecule has 0 aromatic heterocycles. The highest BCUT2D eigenvalue weighted by molar-refractivity contribution is 5.89. The monoisotopic (exact) mass is 1710 g/mol. The fourth-order valence-corrected chi connectivity index (χ4v) is 10.1. The number of rotatable bonds is 71. The van der Waals surface area contributed by atoms with E-state index in [9.17, 15) is 47.9 Å². The van der Waals surface area contributed by atoms with E-state index >= 15 is 0 Å². The lowest BCUT2D eigenvalue weighted by molar-refractivity contribution is -0.150. The summed E-state index contributed by atoms with van der Waals surface area (Å²) in [6, 6.07) is 0. The normalized spacial score (nSPS) is 11.0. The zero-order valence-corrected chi connectivity index (χ0v) is 77.4. The van der Waals surface area contributed by atoms with Gasteiger partial charge in [0, 0.05) is 59.1 Å². The second-order valence-electron chi connectivity index (χ2n) is 29.4. The first kappa shape index (κ1) is 121. The predicted octanol–water partition coefficient (Wildman–Crippen LogP) is 24.6. The molecule has 1 atom stereocenters. The van der Waals surface area contributed by atoms with E-state index < -0.39 is 41.8 Å². The van der Waals surface area contributed by atoms with Crippen LogP contribution in [0.25, 0.3) is 0 Å². The van der Waals surface area contributed by atoms with E-state index in [1.54, 1.807) is 53.7 Å². The van der Waals surface area contributed by atoms with Crippen molar-refractivity contribution in [3.8, 4) is 11.8 Å². The van der Waals surface area contributed by atoms with Gasteiger partial charge in [-0.15, -0.1) is 12.5 Å². The second kappa shape index (κ2) is 95.5. The van der Waals surface area contributed by atoms with Crippen LogP contribution in [0.5, 0.6) is 0 Å². The fourth-order valence-electron chi connectivity index (χ4n) is 10.1. The van der Waals surface area contributed by atoms with Gasteiger partial charge in [0.25, 0.3) is 0 Å². The summed E-state index contributed by atoms with van der Waals surface area (Å²) in [6.45, 7) is 43.8. The van der Waals surface area contributed by atoms with Crippen molar-refractivity contribution < 1.29 is 95.3 Å². The lowest BCUT2D eigenvalue weighted by Gasteiger charge is -2.07. The summed E-state index contributed by atoms with van der Waals surface area (Å²) in [5.41, 5.74) is 2.57. The van der Waals surface area contributed by atoms with E-state index in [0.29, 0.717) is 47.1 Å². The van der Waals surface area contributed by atoms with Gasteiger partial charge in [-0.05, 0) is 164 Å². The number of carbonyl (C=O) groups excluding carboxylic acids is 10. The molecule has 0 N–H and O–H groups in total. The summed E-state index contributed by atoms with van der Waals surface area (Å²) in [5, 5.41) is 0. The Morgan fingerprint density at radius 3 is 0.844 bits per heavy atom. The Morgan fingerprint density at radius 1 is 0.287 bits per heavy atom. The zero-order valence-electron chi connectivity index (χ0n) is 77.4. The smallest absolute Gasteiger partial charge is 0.333 e. The van der Waals surface area contributed by atoms with Crippen LogP contribution in [0, 0.1) is 17.8 Å². The first-order chi connectivity index (χ1) is 58.7. The van der Waals surface area contributed by atoms with Crippen LogP contribution in [-0.2, 0) is 95.3 Å². The third kappa shape index (κ3) is 99.4. The van der Waals surface area contributed by atoms with Gasteiger partial charge < -0.3 is 47.4 Å². The number of allylic oxidation sites excluding steroid dienone is 15. The first-order valence-electron chi connectivity index (χ1n) is 44.9. The molecule has 0 radical (unpaired) electrons. The molecule has 1 unspecified atom stereocenters. The molecule has 0 amide bonds. The SMILES string of the molecule is C=C(/C=C/C(=O)OCCOC(=O)C(=C)C)CCCCC.C=C(C)C(=O)OCCOC(=O)CCCCCCC/C=C/C/C=C/C/C=C\CC.C=C(C)C(=O)OCCOC(=O)CCCCCCC/C=C/C/C=C/CCCCC.C=C(C)C(=O)OCCOC(=O)CCCCCCC/C=C/CCCCCCCC.C=CC(C#CC)CC(=O)OCCOC(=O)C(=C)C. The van der Waals surface area contributed by atoms with E-state index in [1.807, 2.05) is 0 Å². The molecule has 122 heavy (non-hydrogen) atoms. The van der Waals surface area contributed by atoms with Gasteiger partial charge >= 0.3 is 59.7 Å². The van der Waals surface area contributed by atoms with Crippen molar-refractivity contribution in [1.82, 2.24) is 0 Å². The number of hydrogen-bond acceptors (Lipinski definition) is 20. The summed E-state index contributed by atoms with van der Waals surface area (Å²) in [5.74, 6) is 1.45. The summed E-state index contributed by atoms with van der Waals surface area (Å²) in [7, 11) is 0. The minimum absolute atomic E-state index is 0.0235. The van der Waals surface area contributed by atoms with Crippen LogP contribution in [0.15, 0.2) is 171 Å². The average molecular weight is 1710 g/mol. The molecule has 0 aliphatic rings. The van der Waals surface area contributed by atoms with Gasteiger partial charge in [0.1, 0.15) is 66.1 Å². The fraction of sp³-hybridized carbons (Fsp3) is 0.608. The molecule has 690 valence electrons. The lowest BCUT2D eigenvalue weighted by atomic mass is 10.1. The minimum atomic E-state index is -0.494. The summed E-state index contributed by atoms with van der Waals surface area (Å²) >= 11 is 0. The van der Waals surface area contributed by atoms with Crippen LogP contribution in [0.2, 0.25) is 0 Å². The molecule has 0 aromatic rings. The van der Waals surface area contributed by atoms with Crippen molar-refractivity contribution in [1.29, 1.82) is 0 Å². The van der Waals surface area contributed by atoms with Crippen molar-refractivity contribution in [3.05, 3.63) is 171 Å². The van der Waals surface area contributed by atoms with Gasteiger partial charge in [-0.25, -0.2) is 28.8 Å². The Hall–Kier alpha value is -9.38. The van der Waals surface area contributed by atoms with Crippen LogP contribution in [0.1, 0.15) is 332 Å². The molecule has 0 aromatic carbocycles. The number of hydrogen-bond donors (Lipinski definition) is 0. The Morgan fingerprint density at radius 2 is 0.533 bits per heavy atom. The molecule has 0 spiro atoms. The maximum absolute atomic E-state index is 11.6. The van der Waals surface area contributed by atoms with Crippen molar-refractivity contribution in [2.24, 2.45) is 5.92 Å². The topological polar surface area (TPSA) is 263 Å². The van der Waals surface area contributed by atoms with Crippen LogP contribution in [-0.4, -0.2) is 126 Å². The number of unbranched alkanes of at least 4 members (excludes halogenated alkanes) is 26. The van der Waals surface area contributed by atoms with E-state index in [0.717, 1.165) is 128 Å². The highest BCUT2D eigenvalue weighted by atomic mass is 16.6. The molecule has 0 heterocycles. The summed E-state index contributed by atoms with van der Waals surface area (Å²) in [6.07, 6.45) is 75.8. The summed E-state index contributed by atoms with van der Waals surface area (Å²) in [4.78, 5) is 113. The van der Waals surface area contributed by atoms with Gasteiger partial charge in [-0.3, -0.25) is 19.2 Å². The highest BCUT2D eigenvalue weighted by Gasteiger charge is 2.13. The van der Waals surface area contributed by atoms with Crippen molar-refractivity contribution in [2.75, 3.05) is 66.1 Å². The van der Waals surface area contributed by atoms with Crippen LogP contribution in [0.3, 0.4) is 0 Å². The molecule has 0 saturated carbocycles. The highest BCUT2D eigenvalue weighted by Crippen LogP contribution is 2.15. The summed E-state index contributed by atoms with van der Waals surface area (Å²) < 4.78 is 49.0. The van der Waals surface area contributed by atoms with E-state index in [1.165, 1.54) is 122 Å². The average Bonchev–Trinajstić information content (AvgIpc) is 0.964. The quantitative estimate of drug-likeness (QED) is 0.0104. The van der Waals surface area contributed by atoms with Gasteiger partial charge in [0.05, 0.1) is 6.42 Å². The van der Waals surface area contributed by atoms with Gasteiger partial charge in [0.2, 0.25) is 0 Å². The molecular formula is C102H162O20. The molecule has 0 fully saturated rings. The maximum atomic E-state index is 11.6. The standard InChI is InChI=1S/C24H42O4.C24H40O4.C24H38O4.C16H24O4.C14H18O4/c3*1-4-5-6-7-8-9-10-11-12-13-14-15-16-17-18-19-23(25)27-20-21-28-24(26)22(2)3;1-5-6-7-8-14(4)9-10-15(17)19-11-12-20-16(18)13(2)3;1-5-7-12(6-2)10-13(15)17-8-9-18-14(16)11(3)4/h11-12H,2,4-10,13-21H2,1,3H3;8-9,11-12H,2,4-7,10,13-21H2,1,3H3;5-6,8-9,11-12H,2,4,7,10,13-21H2,1,3H3;9-10H,2,4-8,11-12H2,1,3H3;6,12H,2-3,8-10H2,1,4H3/b12-11+;9-8+,12-11+;6-5-,9-8+,12-11+;10-9+;. The molecule has 20 nitrogen and oxygen atoms in total. The Balaban J connectivity index is -0.000000472. The van der Waals surface area contributed by atoms with Gasteiger partial charge in [-0.1, -0.05) is 279 Å². The Labute approximate surface area is 738 Å².